The van der Waals surface area contributed by atoms with Crippen molar-refractivity contribution in [2.24, 2.45) is 0 Å². The van der Waals surface area contributed by atoms with Crippen molar-refractivity contribution in [1.82, 2.24) is 4.31 Å². The summed E-state index contributed by atoms with van der Waals surface area (Å²) in [4.78, 5) is 11.2. The summed E-state index contributed by atoms with van der Waals surface area (Å²) in [5.41, 5.74) is 0.590. The predicted octanol–water partition coefficient (Wildman–Crippen LogP) is 3.02. The number of carboxylic acid groups (broad SMARTS) is 1. The summed E-state index contributed by atoms with van der Waals surface area (Å²) < 4.78 is 27.5. The minimum atomic E-state index is -3.67. The highest BCUT2D eigenvalue weighted by Crippen LogP contribution is 2.30. The number of aromatic carboxylic acids is 1. The van der Waals surface area contributed by atoms with Gasteiger partial charge in [0, 0.05) is 17.6 Å². The van der Waals surface area contributed by atoms with E-state index in [9.17, 15) is 13.2 Å². The van der Waals surface area contributed by atoms with Gasteiger partial charge in [0.05, 0.1) is 10.5 Å². The Balaban J connectivity index is 2.50. The van der Waals surface area contributed by atoms with Crippen molar-refractivity contribution in [2.75, 3.05) is 13.1 Å². The van der Waals surface area contributed by atoms with Crippen molar-refractivity contribution in [2.45, 2.75) is 37.5 Å². The van der Waals surface area contributed by atoms with Gasteiger partial charge in [-0.25, -0.2) is 13.2 Å². The van der Waals surface area contributed by atoms with Crippen LogP contribution in [-0.2, 0) is 10.0 Å². The first kappa shape index (κ1) is 16.5. The molecule has 1 aromatic carbocycles. The molecule has 5 nitrogen and oxygen atoms in total. The van der Waals surface area contributed by atoms with Crippen LogP contribution in [0, 0.1) is 6.92 Å². The van der Waals surface area contributed by atoms with Crippen molar-refractivity contribution in [3.05, 3.63) is 27.7 Å². The van der Waals surface area contributed by atoms with Gasteiger partial charge in [-0.2, -0.15) is 4.31 Å². The minimum absolute atomic E-state index is 0.0101. The van der Waals surface area contributed by atoms with Crippen LogP contribution in [0.1, 0.15) is 41.6 Å². The van der Waals surface area contributed by atoms with E-state index >= 15 is 0 Å². The van der Waals surface area contributed by atoms with Gasteiger partial charge in [0.25, 0.3) is 0 Å². The van der Waals surface area contributed by atoms with E-state index in [0.717, 1.165) is 25.7 Å². The standard InChI is InChI=1S/C14H18BrNO4S/c1-10-8-11(14(17)18)9-12(13(10)15)21(19,20)16-6-4-2-3-5-7-16/h8-9H,2-7H2,1H3,(H,17,18). The summed E-state index contributed by atoms with van der Waals surface area (Å²) in [5.74, 6) is -1.13. The summed E-state index contributed by atoms with van der Waals surface area (Å²) in [5, 5.41) is 9.12. The third kappa shape index (κ3) is 3.46. The van der Waals surface area contributed by atoms with Crippen molar-refractivity contribution < 1.29 is 18.3 Å². The van der Waals surface area contributed by atoms with Crippen molar-refractivity contribution >= 4 is 31.9 Å². The summed E-state index contributed by atoms with van der Waals surface area (Å²) in [6.07, 6.45) is 3.74. The van der Waals surface area contributed by atoms with Gasteiger partial charge in [-0.15, -0.1) is 0 Å². The van der Waals surface area contributed by atoms with E-state index in [1.54, 1.807) is 6.92 Å². The van der Waals surface area contributed by atoms with Crippen LogP contribution in [0.5, 0.6) is 0 Å². The molecule has 1 aliphatic rings. The average Bonchev–Trinajstić information content (AvgIpc) is 2.70. The number of carbonyl (C=O) groups is 1. The Morgan fingerprint density at radius 2 is 1.76 bits per heavy atom. The number of benzene rings is 1. The maximum atomic E-state index is 12.8. The van der Waals surface area contributed by atoms with Crippen molar-refractivity contribution in [1.29, 1.82) is 0 Å². The first-order chi connectivity index (χ1) is 9.84. The van der Waals surface area contributed by atoms with E-state index in [1.165, 1.54) is 16.4 Å². The quantitative estimate of drug-likeness (QED) is 0.880. The topological polar surface area (TPSA) is 74.7 Å². The Labute approximate surface area is 133 Å². The fourth-order valence-electron chi connectivity index (χ4n) is 2.47. The highest BCUT2D eigenvalue weighted by atomic mass is 79.9. The molecule has 116 valence electrons. The largest absolute Gasteiger partial charge is 0.478 e. The van der Waals surface area contributed by atoms with Crippen LogP contribution in [0.15, 0.2) is 21.5 Å². The number of rotatable bonds is 3. The van der Waals surface area contributed by atoms with E-state index in [-0.39, 0.29) is 10.5 Å². The molecule has 1 fully saturated rings. The smallest absolute Gasteiger partial charge is 0.335 e. The molecule has 0 atom stereocenters. The Hall–Kier alpha value is -0.920. The monoisotopic (exact) mass is 375 g/mol. The summed E-state index contributed by atoms with van der Waals surface area (Å²) in [6, 6.07) is 2.70. The molecule has 0 radical (unpaired) electrons. The molecule has 0 aliphatic carbocycles. The third-order valence-electron chi connectivity index (χ3n) is 3.65. The zero-order valence-electron chi connectivity index (χ0n) is 11.8. The summed E-state index contributed by atoms with van der Waals surface area (Å²) in [7, 11) is -3.67. The zero-order valence-corrected chi connectivity index (χ0v) is 14.2. The molecule has 1 saturated heterocycles. The molecule has 1 N–H and O–H groups in total. The van der Waals surface area contributed by atoms with Crippen molar-refractivity contribution in [3.63, 3.8) is 0 Å². The lowest BCUT2D eigenvalue weighted by Crippen LogP contribution is -2.32. The molecule has 21 heavy (non-hydrogen) atoms. The molecule has 0 unspecified atom stereocenters. The normalized spacial score (nSPS) is 17.4. The highest BCUT2D eigenvalue weighted by molar-refractivity contribution is 9.10. The molecule has 1 heterocycles. The third-order valence-corrected chi connectivity index (χ3v) is 6.89. The van der Waals surface area contributed by atoms with Crippen LogP contribution in [-0.4, -0.2) is 36.9 Å². The van der Waals surface area contributed by atoms with Crippen LogP contribution in [0.25, 0.3) is 0 Å². The van der Waals surface area contributed by atoms with Crippen LogP contribution >= 0.6 is 15.9 Å². The second-order valence-corrected chi connectivity index (χ2v) is 7.93. The molecule has 2 rings (SSSR count). The zero-order chi connectivity index (χ0) is 15.6. The minimum Gasteiger partial charge on any atom is -0.478 e. The lowest BCUT2D eigenvalue weighted by atomic mass is 10.1. The maximum Gasteiger partial charge on any atom is 0.335 e. The number of hydrogen-bond acceptors (Lipinski definition) is 3. The molecular formula is C14H18BrNO4S. The van der Waals surface area contributed by atoms with Gasteiger partial charge in [0.1, 0.15) is 0 Å². The Morgan fingerprint density at radius 1 is 1.19 bits per heavy atom. The highest BCUT2D eigenvalue weighted by Gasteiger charge is 2.28. The molecule has 0 bridgehead atoms. The second-order valence-electron chi connectivity index (χ2n) is 5.23. The van der Waals surface area contributed by atoms with Crippen molar-refractivity contribution in [3.8, 4) is 0 Å². The predicted molar refractivity (Wildman–Crippen MR) is 83.1 cm³/mol. The number of nitrogens with zero attached hydrogens (tertiary/aromatic N) is 1. The average molecular weight is 376 g/mol. The molecule has 1 aromatic rings. The van der Waals surface area contributed by atoms with Crippen LogP contribution in [0.3, 0.4) is 0 Å². The Kier molecular flexibility index (Phi) is 5.06. The summed E-state index contributed by atoms with van der Waals surface area (Å²) in [6.45, 7) is 2.67. The fourth-order valence-corrected chi connectivity index (χ4v) is 4.99. The van der Waals surface area contributed by atoms with Gasteiger partial charge in [-0.3, -0.25) is 0 Å². The fraction of sp³-hybridized carbons (Fsp3) is 0.500. The molecule has 0 amide bonds. The second kappa shape index (κ2) is 6.46. The van der Waals surface area contributed by atoms with E-state index < -0.39 is 16.0 Å². The van der Waals surface area contributed by atoms with Gasteiger partial charge >= 0.3 is 5.97 Å². The van der Waals surface area contributed by atoms with E-state index in [0.29, 0.717) is 23.1 Å². The van der Waals surface area contributed by atoms with Gasteiger partial charge in [-0.1, -0.05) is 12.8 Å². The molecule has 0 spiro atoms. The number of carboxylic acids is 1. The SMILES string of the molecule is Cc1cc(C(=O)O)cc(S(=O)(=O)N2CCCCCC2)c1Br. The van der Waals surface area contributed by atoms with Gasteiger partial charge in [0.2, 0.25) is 10.0 Å². The molecule has 0 aromatic heterocycles. The van der Waals surface area contributed by atoms with E-state index in [1.807, 2.05) is 0 Å². The van der Waals surface area contributed by atoms with Gasteiger partial charge in [-0.05, 0) is 53.4 Å². The molecule has 7 heteroatoms. The number of sulfonamides is 1. The number of aryl methyl sites for hydroxylation is 1. The van der Waals surface area contributed by atoms with Crippen LogP contribution in [0.4, 0.5) is 0 Å². The van der Waals surface area contributed by atoms with Gasteiger partial charge in [0.15, 0.2) is 0 Å². The maximum absolute atomic E-state index is 12.8. The first-order valence-corrected chi connectivity index (χ1v) is 9.11. The Bertz CT molecular complexity index is 649. The Morgan fingerprint density at radius 3 is 2.29 bits per heavy atom. The number of halogens is 1. The van der Waals surface area contributed by atoms with Crippen LogP contribution < -0.4 is 0 Å². The first-order valence-electron chi connectivity index (χ1n) is 6.87. The van der Waals surface area contributed by atoms with Crippen LogP contribution in [0.2, 0.25) is 0 Å². The van der Waals surface area contributed by atoms with E-state index in [4.69, 9.17) is 5.11 Å². The molecular weight excluding hydrogens is 358 g/mol. The summed E-state index contributed by atoms with van der Waals surface area (Å²) >= 11 is 3.29. The molecule has 1 aliphatic heterocycles. The lowest BCUT2D eigenvalue weighted by molar-refractivity contribution is 0.0696. The molecule has 0 saturated carbocycles. The number of hydrogen-bond donors (Lipinski definition) is 1. The lowest BCUT2D eigenvalue weighted by Gasteiger charge is -2.21. The van der Waals surface area contributed by atoms with E-state index in [2.05, 4.69) is 15.9 Å². The van der Waals surface area contributed by atoms with Gasteiger partial charge < -0.3 is 5.11 Å².